The third-order valence-electron chi connectivity index (χ3n) is 6.12. The number of ketones is 1. The van der Waals surface area contributed by atoms with Gasteiger partial charge in [-0.2, -0.15) is 0 Å². The summed E-state index contributed by atoms with van der Waals surface area (Å²) in [6, 6.07) is 12.9. The molecule has 7 heteroatoms. The van der Waals surface area contributed by atoms with Gasteiger partial charge in [-0.3, -0.25) is 9.59 Å². The molecule has 1 heterocycles. The number of carbonyl (C=O) groups excluding carboxylic acids is 2. The number of quaternary nitrogens is 1. The van der Waals surface area contributed by atoms with Crippen molar-refractivity contribution >= 4 is 29.1 Å². The molecule has 2 aromatic rings. The van der Waals surface area contributed by atoms with Crippen LogP contribution in [0.5, 0.6) is 5.75 Å². The molecule has 0 aliphatic carbocycles. The number of carbonyl (C=O) groups is 2. The van der Waals surface area contributed by atoms with Crippen LogP contribution in [-0.2, 0) is 9.59 Å². The maximum atomic E-state index is 13.5. The van der Waals surface area contributed by atoms with E-state index in [1.807, 2.05) is 0 Å². The lowest BCUT2D eigenvalue weighted by molar-refractivity contribution is -0.895. The molecular weight excluding hydrogens is 452 g/mol. The molecule has 1 aliphatic rings. The molecule has 0 aromatic heterocycles. The molecule has 1 atom stereocenters. The van der Waals surface area contributed by atoms with Gasteiger partial charge in [0.05, 0.1) is 38.8 Å². The Morgan fingerprint density at radius 2 is 1.68 bits per heavy atom. The van der Waals surface area contributed by atoms with Gasteiger partial charge < -0.3 is 19.6 Å². The Balaban J connectivity index is 2.00. The fourth-order valence-electron chi connectivity index (χ4n) is 4.10. The molecular formula is C27H33ClN2O4. The number of Topliss-reactive ketones (excluding diaryl/α,β-unsaturated/α-hetero) is 1. The van der Waals surface area contributed by atoms with Crippen LogP contribution in [0.4, 0.5) is 0 Å². The molecule has 1 unspecified atom stereocenters. The molecule has 6 nitrogen and oxygen atoms in total. The first-order valence-electron chi connectivity index (χ1n) is 11.9. The Bertz CT molecular complexity index is 1030. The first-order valence-corrected chi connectivity index (χ1v) is 12.2. The highest BCUT2D eigenvalue weighted by Gasteiger charge is 2.44. The van der Waals surface area contributed by atoms with Gasteiger partial charge in [-0.05, 0) is 55.2 Å². The van der Waals surface area contributed by atoms with Crippen LogP contribution in [0, 0.1) is 5.92 Å². The van der Waals surface area contributed by atoms with Gasteiger partial charge in [0.2, 0.25) is 5.78 Å². The largest absolute Gasteiger partial charge is 0.872 e. The Morgan fingerprint density at radius 1 is 1.06 bits per heavy atom. The topological polar surface area (TPSA) is 74.1 Å². The molecule has 1 saturated heterocycles. The maximum Gasteiger partial charge on any atom is 0.295 e. The third kappa shape index (κ3) is 5.80. The van der Waals surface area contributed by atoms with Gasteiger partial charge in [0.1, 0.15) is 5.75 Å². The van der Waals surface area contributed by atoms with Crippen molar-refractivity contribution in [1.82, 2.24) is 4.90 Å². The van der Waals surface area contributed by atoms with Crippen molar-refractivity contribution in [2.24, 2.45) is 5.92 Å². The Labute approximate surface area is 206 Å². The summed E-state index contributed by atoms with van der Waals surface area (Å²) in [5.74, 6) is -0.775. The molecule has 0 bridgehead atoms. The van der Waals surface area contributed by atoms with E-state index < -0.39 is 23.5 Å². The lowest BCUT2D eigenvalue weighted by Crippen LogP contribution is -3.12. The van der Waals surface area contributed by atoms with E-state index in [0.717, 1.165) is 13.1 Å². The van der Waals surface area contributed by atoms with Gasteiger partial charge in [0.15, 0.2) is 0 Å². The molecule has 0 spiro atoms. The van der Waals surface area contributed by atoms with Gasteiger partial charge >= 0.3 is 0 Å². The van der Waals surface area contributed by atoms with Crippen LogP contribution < -0.4 is 14.7 Å². The molecule has 1 fully saturated rings. The lowest BCUT2D eigenvalue weighted by Gasteiger charge is -2.28. The van der Waals surface area contributed by atoms with Gasteiger partial charge in [-0.1, -0.05) is 55.5 Å². The smallest absolute Gasteiger partial charge is 0.295 e. The predicted octanol–water partition coefficient (Wildman–Crippen LogP) is 2.52. The van der Waals surface area contributed by atoms with Gasteiger partial charge in [-0.15, -0.1) is 0 Å². The van der Waals surface area contributed by atoms with Gasteiger partial charge in [0, 0.05) is 10.6 Å². The zero-order valence-electron chi connectivity index (χ0n) is 20.3. The highest BCUT2D eigenvalue weighted by molar-refractivity contribution is 6.46. The molecule has 3 rings (SSSR count). The Hall–Kier alpha value is -2.83. The zero-order valence-corrected chi connectivity index (χ0v) is 21.0. The number of rotatable bonds is 10. The van der Waals surface area contributed by atoms with E-state index in [9.17, 15) is 14.7 Å². The lowest BCUT2D eigenvalue weighted by atomic mass is 9.95. The molecule has 0 radical (unpaired) electrons. The number of hydrogen-bond acceptors (Lipinski definition) is 4. The fraction of sp³-hybridized carbons (Fsp3) is 0.407. The molecule has 1 amide bonds. The van der Waals surface area contributed by atoms with Crippen molar-refractivity contribution in [1.29, 1.82) is 0 Å². The minimum Gasteiger partial charge on any atom is -0.872 e. The number of likely N-dealkylation sites (tertiary alicyclic amines) is 1. The number of ether oxygens (including phenoxy) is 1. The molecule has 0 saturated carbocycles. The normalized spacial score (nSPS) is 17.7. The zero-order chi connectivity index (χ0) is 24.8. The molecule has 1 N–H and O–H groups in total. The van der Waals surface area contributed by atoms with Crippen LogP contribution in [-0.4, -0.2) is 49.4 Å². The van der Waals surface area contributed by atoms with E-state index in [4.69, 9.17) is 16.3 Å². The Kier molecular flexibility index (Phi) is 8.75. The van der Waals surface area contributed by atoms with Crippen molar-refractivity contribution in [3.8, 4) is 5.75 Å². The van der Waals surface area contributed by atoms with Crippen molar-refractivity contribution in [3.05, 3.63) is 70.3 Å². The van der Waals surface area contributed by atoms with Crippen LogP contribution in [0.1, 0.15) is 44.9 Å². The second kappa shape index (κ2) is 11.5. The fourth-order valence-corrected chi connectivity index (χ4v) is 4.22. The summed E-state index contributed by atoms with van der Waals surface area (Å²) >= 11 is 6.07. The quantitative estimate of drug-likeness (QED) is 0.319. The van der Waals surface area contributed by atoms with Crippen molar-refractivity contribution in [2.45, 2.75) is 33.7 Å². The van der Waals surface area contributed by atoms with Crippen molar-refractivity contribution < 1.29 is 24.3 Å². The van der Waals surface area contributed by atoms with Crippen molar-refractivity contribution in [3.63, 3.8) is 0 Å². The minimum absolute atomic E-state index is 0.0160. The summed E-state index contributed by atoms with van der Waals surface area (Å²) in [7, 11) is 0. The molecule has 34 heavy (non-hydrogen) atoms. The number of hydrogen-bond donors (Lipinski definition) is 1. The van der Waals surface area contributed by atoms with Crippen LogP contribution in [0.15, 0.2) is 54.1 Å². The standard InChI is InChI=1S/C27H33ClN2O4/c1-5-29(6-2)15-16-30-24(19-7-11-21(28)12-8-19)23(26(32)27(30)33)25(31)20-9-13-22(14-10-20)34-17-18(3)4/h7-14,18,24,31H,5-6,15-17H2,1-4H3. The SMILES string of the molecule is CC[NH+](CC)CCN1C(=O)C(=O)C(=C([O-])c2ccc(OCC(C)C)cc2)C1c1ccc(Cl)cc1. The monoisotopic (exact) mass is 484 g/mol. The van der Waals surface area contributed by atoms with E-state index in [-0.39, 0.29) is 5.57 Å². The summed E-state index contributed by atoms with van der Waals surface area (Å²) in [5, 5.41) is 14.1. The summed E-state index contributed by atoms with van der Waals surface area (Å²) in [5.41, 5.74) is 1.03. The van der Waals surface area contributed by atoms with E-state index in [0.29, 0.717) is 47.5 Å². The van der Waals surface area contributed by atoms with Crippen molar-refractivity contribution in [2.75, 3.05) is 32.8 Å². The number of nitrogens with one attached hydrogen (secondary N) is 1. The summed E-state index contributed by atoms with van der Waals surface area (Å²) in [6.07, 6.45) is 0. The van der Waals surface area contributed by atoms with Gasteiger partial charge in [-0.25, -0.2) is 0 Å². The Morgan fingerprint density at radius 3 is 2.24 bits per heavy atom. The van der Waals surface area contributed by atoms with E-state index in [2.05, 4.69) is 27.7 Å². The number of nitrogens with zero attached hydrogens (tertiary/aromatic N) is 1. The average molecular weight is 485 g/mol. The minimum atomic E-state index is -0.739. The van der Waals surface area contributed by atoms with Crippen LogP contribution in [0.2, 0.25) is 5.02 Å². The van der Waals surface area contributed by atoms with Crippen LogP contribution >= 0.6 is 11.6 Å². The van der Waals surface area contributed by atoms with Crippen LogP contribution in [0.3, 0.4) is 0 Å². The van der Waals surface area contributed by atoms with E-state index >= 15 is 0 Å². The van der Waals surface area contributed by atoms with E-state index in [1.54, 1.807) is 48.5 Å². The molecule has 182 valence electrons. The second-order valence-corrected chi connectivity index (χ2v) is 9.40. The first-order chi connectivity index (χ1) is 16.3. The second-order valence-electron chi connectivity index (χ2n) is 8.96. The molecule has 2 aromatic carbocycles. The summed E-state index contributed by atoms with van der Waals surface area (Å²) < 4.78 is 5.70. The predicted molar refractivity (Wildman–Crippen MR) is 132 cm³/mol. The first kappa shape index (κ1) is 25.8. The highest BCUT2D eigenvalue weighted by Crippen LogP contribution is 2.38. The van der Waals surface area contributed by atoms with E-state index in [1.165, 1.54) is 9.80 Å². The number of likely N-dealkylation sites (N-methyl/N-ethyl adjacent to an activating group) is 1. The number of benzene rings is 2. The number of halogens is 1. The third-order valence-corrected chi connectivity index (χ3v) is 6.37. The highest BCUT2D eigenvalue weighted by atomic mass is 35.5. The number of amides is 1. The van der Waals surface area contributed by atoms with Crippen LogP contribution in [0.25, 0.3) is 5.76 Å². The average Bonchev–Trinajstić information content (AvgIpc) is 3.08. The summed E-state index contributed by atoms with van der Waals surface area (Å²) in [4.78, 5) is 29.0. The van der Waals surface area contributed by atoms with Gasteiger partial charge in [0.25, 0.3) is 5.91 Å². The molecule has 1 aliphatic heterocycles. The summed E-state index contributed by atoms with van der Waals surface area (Å²) in [6.45, 7) is 11.8. The maximum absolute atomic E-state index is 13.5.